The molecule has 1 rings (SSSR count). The number of carbonyl (C=O) groups is 2. The van der Waals surface area contributed by atoms with Gasteiger partial charge in [-0.05, 0) is 26.0 Å². The summed E-state index contributed by atoms with van der Waals surface area (Å²) in [7, 11) is 0. The SMILES string of the molecule is CC(C)(CNC(=O)CCSc1ccccc1Cl)C(=O)O. The van der Waals surface area contributed by atoms with Gasteiger partial charge in [0.1, 0.15) is 0 Å². The molecular formula is C14H18ClNO3S. The molecular weight excluding hydrogens is 298 g/mol. The molecule has 1 amide bonds. The minimum Gasteiger partial charge on any atom is -0.481 e. The van der Waals surface area contributed by atoms with E-state index >= 15 is 0 Å². The van der Waals surface area contributed by atoms with Crippen molar-refractivity contribution in [2.45, 2.75) is 25.2 Å². The maximum atomic E-state index is 11.6. The fourth-order valence-electron chi connectivity index (χ4n) is 1.30. The number of aliphatic carboxylic acids is 1. The Bertz CT molecular complexity index is 491. The number of amides is 1. The minimum atomic E-state index is -0.953. The van der Waals surface area contributed by atoms with Gasteiger partial charge in [-0.25, -0.2) is 0 Å². The number of halogens is 1. The maximum absolute atomic E-state index is 11.6. The van der Waals surface area contributed by atoms with Gasteiger partial charge in [-0.3, -0.25) is 9.59 Å². The van der Waals surface area contributed by atoms with Crippen molar-refractivity contribution in [3.8, 4) is 0 Å². The molecule has 6 heteroatoms. The van der Waals surface area contributed by atoms with Crippen molar-refractivity contribution in [3.63, 3.8) is 0 Å². The second-order valence-corrected chi connectivity index (χ2v) is 6.54. The molecule has 0 aliphatic rings. The van der Waals surface area contributed by atoms with E-state index in [1.807, 2.05) is 18.2 Å². The predicted molar refractivity (Wildman–Crippen MR) is 81.2 cm³/mol. The van der Waals surface area contributed by atoms with E-state index in [1.165, 1.54) is 11.8 Å². The van der Waals surface area contributed by atoms with Crippen LogP contribution in [-0.2, 0) is 9.59 Å². The summed E-state index contributed by atoms with van der Waals surface area (Å²) in [4.78, 5) is 23.5. The number of rotatable bonds is 7. The van der Waals surface area contributed by atoms with Crippen molar-refractivity contribution in [1.82, 2.24) is 5.32 Å². The molecule has 0 saturated carbocycles. The van der Waals surface area contributed by atoms with Gasteiger partial charge in [0, 0.05) is 23.6 Å². The second kappa shape index (κ2) is 7.55. The topological polar surface area (TPSA) is 66.4 Å². The quantitative estimate of drug-likeness (QED) is 0.759. The van der Waals surface area contributed by atoms with Crippen molar-refractivity contribution >= 4 is 35.2 Å². The van der Waals surface area contributed by atoms with Gasteiger partial charge in [0.2, 0.25) is 5.91 Å². The van der Waals surface area contributed by atoms with Crippen LogP contribution in [0.2, 0.25) is 5.02 Å². The highest BCUT2D eigenvalue weighted by Gasteiger charge is 2.27. The van der Waals surface area contributed by atoms with Crippen LogP contribution in [0, 0.1) is 5.41 Å². The predicted octanol–water partition coefficient (Wildman–Crippen LogP) is 3.05. The molecule has 0 heterocycles. The molecule has 0 fully saturated rings. The standard InChI is InChI=1S/C14H18ClNO3S/c1-14(2,13(18)19)9-16-12(17)7-8-20-11-6-4-3-5-10(11)15/h3-6H,7-9H2,1-2H3,(H,16,17)(H,18,19). The van der Waals surface area contributed by atoms with E-state index < -0.39 is 11.4 Å². The molecule has 0 radical (unpaired) electrons. The van der Waals surface area contributed by atoms with Gasteiger partial charge >= 0.3 is 5.97 Å². The van der Waals surface area contributed by atoms with E-state index in [1.54, 1.807) is 19.9 Å². The third-order valence-corrected chi connectivity index (χ3v) is 4.25. The molecule has 1 aromatic carbocycles. The molecule has 0 aliphatic heterocycles. The summed E-state index contributed by atoms with van der Waals surface area (Å²) >= 11 is 7.51. The highest BCUT2D eigenvalue weighted by molar-refractivity contribution is 7.99. The zero-order chi connectivity index (χ0) is 15.2. The number of hydrogen-bond donors (Lipinski definition) is 2. The number of nitrogens with one attached hydrogen (secondary N) is 1. The molecule has 0 bridgehead atoms. The second-order valence-electron chi connectivity index (χ2n) is 4.99. The van der Waals surface area contributed by atoms with Gasteiger partial charge in [-0.2, -0.15) is 0 Å². The van der Waals surface area contributed by atoms with Crippen molar-refractivity contribution in [2.75, 3.05) is 12.3 Å². The van der Waals surface area contributed by atoms with E-state index in [9.17, 15) is 9.59 Å². The Balaban J connectivity index is 2.31. The monoisotopic (exact) mass is 315 g/mol. The van der Waals surface area contributed by atoms with Crippen LogP contribution in [-0.4, -0.2) is 29.3 Å². The van der Waals surface area contributed by atoms with Crippen molar-refractivity contribution in [2.24, 2.45) is 5.41 Å². The van der Waals surface area contributed by atoms with Crippen LogP contribution in [0.1, 0.15) is 20.3 Å². The Morgan fingerprint density at radius 2 is 2.00 bits per heavy atom. The normalized spacial score (nSPS) is 11.2. The summed E-state index contributed by atoms with van der Waals surface area (Å²) in [6, 6.07) is 7.45. The Hall–Kier alpha value is -1.20. The van der Waals surface area contributed by atoms with Crippen LogP contribution in [0.5, 0.6) is 0 Å². The van der Waals surface area contributed by atoms with Crippen LogP contribution >= 0.6 is 23.4 Å². The molecule has 0 aromatic heterocycles. The molecule has 20 heavy (non-hydrogen) atoms. The molecule has 110 valence electrons. The van der Waals surface area contributed by atoms with Gasteiger partial charge < -0.3 is 10.4 Å². The lowest BCUT2D eigenvalue weighted by Crippen LogP contribution is -2.38. The third kappa shape index (κ3) is 5.43. The Morgan fingerprint density at radius 1 is 1.35 bits per heavy atom. The number of carbonyl (C=O) groups excluding carboxylic acids is 1. The van der Waals surface area contributed by atoms with Crippen LogP contribution in [0.4, 0.5) is 0 Å². The van der Waals surface area contributed by atoms with Gasteiger partial charge in [0.05, 0.1) is 10.4 Å². The fraction of sp³-hybridized carbons (Fsp3) is 0.429. The van der Waals surface area contributed by atoms with Crippen molar-refractivity contribution in [3.05, 3.63) is 29.3 Å². The smallest absolute Gasteiger partial charge is 0.310 e. The van der Waals surface area contributed by atoms with Crippen molar-refractivity contribution < 1.29 is 14.7 Å². The first kappa shape index (κ1) is 16.9. The molecule has 1 aromatic rings. The summed E-state index contributed by atoms with van der Waals surface area (Å²) < 4.78 is 0. The number of carboxylic acid groups (broad SMARTS) is 1. The number of carboxylic acids is 1. The summed E-state index contributed by atoms with van der Waals surface area (Å²) in [6.07, 6.45) is 0.325. The van der Waals surface area contributed by atoms with E-state index in [-0.39, 0.29) is 12.5 Å². The zero-order valence-corrected chi connectivity index (χ0v) is 13.1. The molecule has 2 N–H and O–H groups in total. The third-order valence-electron chi connectivity index (χ3n) is 2.73. The average molecular weight is 316 g/mol. The minimum absolute atomic E-state index is 0.123. The largest absolute Gasteiger partial charge is 0.481 e. The molecule has 0 spiro atoms. The van der Waals surface area contributed by atoms with Crippen molar-refractivity contribution in [1.29, 1.82) is 0 Å². The fourth-order valence-corrected chi connectivity index (χ4v) is 2.49. The van der Waals surface area contributed by atoms with E-state index in [0.717, 1.165) is 4.90 Å². The number of thioether (sulfide) groups is 1. The zero-order valence-electron chi connectivity index (χ0n) is 11.5. The van der Waals surface area contributed by atoms with Crippen LogP contribution in [0.3, 0.4) is 0 Å². The van der Waals surface area contributed by atoms with Gasteiger partial charge in [0.25, 0.3) is 0 Å². The summed E-state index contributed by atoms with van der Waals surface area (Å²) in [5.74, 6) is -0.481. The lowest BCUT2D eigenvalue weighted by atomic mass is 9.94. The van der Waals surface area contributed by atoms with Gasteiger partial charge in [-0.1, -0.05) is 23.7 Å². The first-order valence-electron chi connectivity index (χ1n) is 6.20. The summed E-state index contributed by atoms with van der Waals surface area (Å²) in [6.45, 7) is 3.28. The first-order chi connectivity index (χ1) is 9.33. The maximum Gasteiger partial charge on any atom is 0.310 e. The molecule has 0 unspecified atom stereocenters. The average Bonchev–Trinajstić information content (AvgIpc) is 2.38. The van der Waals surface area contributed by atoms with Gasteiger partial charge in [0.15, 0.2) is 0 Å². The highest BCUT2D eigenvalue weighted by atomic mass is 35.5. The van der Waals surface area contributed by atoms with Gasteiger partial charge in [-0.15, -0.1) is 11.8 Å². The lowest BCUT2D eigenvalue weighted by Gasteiger charge is -2.19. The molecule has 0 saturated heterocycles. The Morgan fingerprint density at radius 3 is 2.60 bits per heavy atom. The number of hydrogen-bond acceptors (Lipinski definition) is 3. The van der Waals surface area contributed by atoms with E-state index in [0.29, 0.717) is 17.2 Å². The Labute approximate surface area is 127 Å². The first-order valence-corrected chi connectivity index (χ1v) is 7.57. The highest BCUT2D eigenvalue weighted by Crippen LogP contribution is 2.26. The van der Waals surface area contributed by atoms with E-state index in [4.69, 9.17) is 16.7 Å². The summed E-state index contributed by atoms with van der Waals surface area (Å²) in [5.41, 5.74) is -0.953. The van der Waals surface area contributed by atoms with Crippen LogP contribution in [0.25, 0.3) is 0 Å². The number of benzene rings is 1. The Kier molecular flexibility index (Phi) is 6.36. The molecule has 0 atom stereocenters. The summed E-state index contributed by atoms with van der Waals surface area (Å²) in [5, 5.41) is 12.2. The van der Waals surface area contributed by atoms with E-state index in [2.05, 4.69) is 5.32 Å². The lowest BCUT2D eigenvalue weighted by molar-refractivity contribution is -0.146. The molecule has 4 nitrogen and oxygen atoms in total. The molecule has 0 aliphatic carbocycles. The van der Waals surface area contributed by atoms with Crippen LogP contribution < -0.4 is 5.32 Å². The van der Waals surface area contributed by atoms with Crippen LogP contribution in [0.15, 0.2) is 29.2 Å².